The highest BCUT2D eigenvalue weighted by atomic mass is 32.1. The second-order valence-electron chi connectivity index (χ2n) is 5.20. The summed E-state index contributed by atoms with van der Waals surface area (Å²) in [5.41, 5.74) is 2.98. The van der Waals surface area contributed by atoms with Crippen molar-refractivity contribution in [1.29, 1.82) is 0 Å². The first kappa shape index (κ1) is 16.0. The van der Waals surface area contributed by atoms with Gasteiger partial charge in [-0.25, -0.2) is 4.79 Å². The van der Waals surface area contributed by atoms with E-state index in [1.165, 1.54) is 18.4 Å². The van der Waals surface area contributed by atoms with E-state index in [0.717, 1.165) is 11.3 Å². The van der Waals surface area contributed by atoms with Crippen LogP contribution in [0.5, 0.6) is 0 Å². The van der Waals surface area contributed by atoms with Gasteiger partial charge in [-0.1, -0.05) is 6.07 Å². The molecule has 0 saturated carbocycles. The number of ether oxygens (including phenoxy) is 1. The van der Waals surface area contributed by atoms with Crippen LogP contribution < -0.4 is 5.32 Å². The van der Waals surface area contributed by atoms with E-state index >= 15 is 0 Å². The molecule has 3 aromatic rings. The number of thiophene rings is 1. The number of rotatable bonds is 4. The number of carbonyl (C=O) groups excluding carboxylic acids is 2. The molecule has 0 aliphatic carbocycles. The first-order valence-electron chi connectivity index (χ1n) is 7.31. The highest BCUT2D eigenvalue weighted by Crippen LogP contribution is 2.24. The van der Waals surface area contributed by atoms with E-state index in [4.69, 9.17) is 4.74 Å². The number of hydrogen-bond acceptors (Lipinski definition) is 4. The van der Waals surface area contributed by atoms with Crippen LogP contribution in [0, 0.1) is 6.92 Å². The zero-order valence-electron chi connectivity index (χ0n) is 13.3. The Morgan fingerprint density at radius 2 is 1.92 bits per heavy atom. The van der Waals surface area contributed by atoms with Crippen molar-refractivity contribution in [2.24, 2.45) is 0 Å². The molecule has 0 spiro atoms. The van der Waals surface area contributed by atoms with E-state index in [1.807, 2.05) is 48.1 Å². The fourth-order valence-corrected chi connectivity index (χ4v) is 3.14. The standard InChI is InChI=1S/C18H16N2O3S/c1-12-5-6-13(11-15(12)20-8-3-4-9-20)17(21)19-14-7-10-24-16(14)18(22)23-2/h3-11H,1-2H3,(H,19,21). The Balaban J connectivity index is 1.88. The van der Waals surface area contributed by atoms with Crippen LogP contribution in [-0.2, 0) is 4.74 Å². The van der Waals surface area contributed by atoms with E-state index in [1.54, 1.807) is 17.5 Å². The predicted octanol–water partition coefficient (Wildman–Crippen LogP) is 3.89. The molecular formula is C18H16N2O3S. The molecule has 0 aliphatic rings. The third kappa shape index (κ3) is 3.09. The van der Waals surface area contributed by atoms with Gasteiger partial charge in [-0.3, -0.25) is 4.79 Å². The molecule has 0 radical (unpaired) electrons. The number of carbonyl (C=O) groups is 2. The number of nitrogens with zero attached hydrogens (tertiary/aromatic N) is 1. The predicted molar refractivity (Wildman–Crippen MR) is 94.1 cm³/mol. The van der Waals surface area contributed by atoms with Crippen molar-refractivity contribution in [1.82, 2.24) is 4.57 Å². The Morgan fingerprint density at radius 3 is 2.62 bits per heavy atom. The topological polar surface area (TPSA) is 60.3 Å². The minimum Gasteiger partial charge on any atom is -0.465 e. The van der Waals surface area contributed by atoms with Gasteiger partial charge in [-0.05, 0) is 48.2 Å². The number of aromatic nitrogens is 1. The summed E-state index contributed by atoms with van der Waals surface area (Å²) in [5, 5.41) is 4.51. The lowest BCUT2D eigenvalue weighted by atomic mass is 10.1. The summed E-state index contributed by atoms with van der Waals surface area (Å²) in [7, 11) is 1.32. The van der Waals surface area contributed by atoms with Gasteiger partial charge in [-0.2, -0.15) is 0 Å². The maximum atomic E-state index is 12.5. The number of methoxy groups -OCH3 is 1. The summed E-state index contributed by atoms with van der Waals surface area (Å²) < 4.78 is 6.68. The normalized spacial score (nSPS) is 10.4. The van der Waals surface area contributed by atoms with Crippen molar-refractivity contribution < 1.29 is 14.3 Å². The molecule has 0 fully saturated rings. The van der Waals surface area contributed by atoms with E-state index < -0.39 is 5.97 Å². The van der Waals surface area contributed by atoms with Crippen LogP contribution in [0.2, 0.25) is 0 Å². The third-order valence-corrected chi connectivity index (χ3v) is 4.53. The highest BCUT2D eigenvalue weighted by molar-refractivity contribution is 7.12. The van der Waals surface area contributed by atoms with Crippen molar-refractivity contribution in [3.63, 3.8) is 0 Å². The minimum atomic E-state index is -0.461. The molecule has 122 valence electrons. The number of aryl methyl sites for hydroxylation is 1. The summed E-state index contributed by atoms with van der Waals surface area (Å²) in [5.74, 6) is -0.732. The quantitative estimate of drug-likeness (QED) is 0.733. The third-order valence-electron chi connectivity index (χ3n) is 3.64. The largest absolute Gasteiger partial charge is 0.465 e. The number of benzene rings is 1. The molecule has 5 nitrogen and oxygen atoms in total. The second-order valence-corrected chi connectivity index (χ2v) is 6.12. The van der Waals surface area contributed by atoms with Crippen molar-refractivity contribution in [3.8, 4) is 5.69 Å². The molecular weight excluding hydrogens is 324 g/mol. The number of nitrogens with one attached hydrogen (secondary N) is 1. The fraction of sp³-hybridized carbons (Fsp3) is 0.111. The maximum absolute atomic E-state index is 12.5. The first-order valence-corrected chi connectivity index (χ1v) is 8.19. The van der Waals surface area contributed by atoms with Gasteiger partial charge in [0.05, 0.1) is 12.8 Å². The minimum absolute atomic E-state index is 0.271. The average molecular weight is 340 g/mol. The number of esters is 1. The number of hydrogen-bond donors (Lipinski definition) is 1. The molecule has 0 bridgehead atoms. The summed E-state index contributed by atoms with van der Waals surface area (Å²) >= 11 is 1.23. The summed E-state index contributed by atoms with van der Waals surface area (Å²) in [4.78, 5) is 24.6. The Kier molecular flexibility index (Phi) is 4.48. The Hall–Kier alpha value is -2.86. The van der Waals surface area contributed by atoms with Crippen molar-refractivity contribution in [2.75, 3.05) is 12.4 Å². The Labute approximate surface area is 143 Å². The summed E-state index contributed by atoms with van der Waals surface area (Å²) in [6.07, 6.45) is 3.86. The van der Waals surface area contributed by atoms with Crippen LogP contribution >= 0.6 is 11.3 Å². The Morgan fingerprint density at radius 1 is 1.17 bits per heavy atom. The van der Waals surface area contributed by atoms with Crippen molar-refractivity contribution in [2.45, 2.75) is 6.92 Å². The van der Waals surface area contributed by atoms with Gasteiger partial charge in [0, 0.05) is 23.6 Å². The highest BCUT2D eigenvalue weighted by Gasteiger charge is 2.17. The maximum Gasteiger partial charge on any atom is 0.350 e. The van der Waals surface area contributed by atoms with Gasteiger partial charge >= 0.3 is 5.97 Å². The molecule has 6 heteroatoms. The van der Waals surface area contributed by atoms with Crippen LogP contribution in [0.1, 0.15) is 25.6 Å². The average Bonchev–Trinajstić information content (AvgIpc) is 3.26. The molecule has 2 heterocycles. The zero-order chi connectivity index (χ0) is 17.1. The molecule has 0 saturated heterocycles. The molecule has 1 amide bonds. The summed E-state index contributed by atoms with van der Waals surface area (Å²) in [6.45, 7) is 1.99. The molecule has 0 atom stereocenters. The second kappa shape index (κ2) is 6.72. The molecule has 24 heavy (non-hydrogen) atoms. The SMILES string of the molecule is COC(=O)c1sccc1NC(=O)c1ccc(C)c(-n2cccc2)c1. The van der Waals surface area contributed by atoms with E-state index in [0.29, 0.717) is 16.1 Å². The van der Waals surface area contributed by atoms with Gasteiger partial charge in [0.2, 0.25) is 0 Å². The molecule has 1 N–H and O–H groups in total. The zero-order valence-corrected chi connectivity index (χ0v) is 14.1. The van der Waals surface area contributed by atoms with Gasteiger partial charge in [0.25, 0.3) is 5.91 Å². The molecule has 2 aromatic heterocycles. The molecule has 0 aliphatic heterocycles. The molecule has 3 rings (SSSR count). The van der Waals surface area contributed by atoms with Gasteiger partial charge in [0.1, 0.15) is 4.88 Å². The van der Waals surface area contributed by atoms with Gasteiger partial charge in [0.15, 0.2) is 0 Å². The van der Waals surface area contributed by atoms with Crippen molar-refractivity contribution in [3.05, 3.63) is 70.2 Å². The van der Waals surface area contributed by atoms with Gasteiger partial charge in [-0.15, -0.1) is 11.3 Å². The van der Waals surface area contributed by atoms with Crippen LogP contribution in [0.3, 0.4) is 0 Å². The van der Waals surface area contributed by atoms with Crippen LogP contribution in [0.25, 0.3) is 5.69 Å². The monoisotopic (exact) mass is 340 g/mol. The Bertz CT molecular complexity index is 882. The number of anilines is 1. The fourth-order valence-electron chi connectivity index (χ4n) is 2.38. The summed E-state index contributed by atoms with van der Waals surface area (Å²) in [6, 6.07) is 11.0. The van der Waals surface area contributed by atoms with Gasteiger partial charge < -0.3 is 14.6 Å². The lowest BCUT2D eigenvalue weighted by molar-refractivity contribution is 0.0607. The number of amides is 1. The smallest absolute Gasteiger partial charge is 0.350 e. The van der Waals surface area contributed by atoms with Crippen LogP contribution in [0.15, 0.2) is 54.2 Å². The van der Waals surface area contributed by atoms with E-state index in [2.05, 4.69) is 5.32 Å². The molecule has 0 unspecified atom stereocenters. The van der Waals surface area contributed by atoms with E-state index in [-0.39, 0.29) is 5.91 Å². The molecule has 1 aromatic carbocycles. The van der Waals surface area contributed by atoms with Crippen LogP contribution in [0.4, 0.5) is 5.69 Å². The van der Waals surface area contributed by atoms with Crippen LogP contribution in [-0.4, -0.2) is 23.6 Å². The lowest BCUT2D eigenvalue weighted by Crippen LogP contribution is -2.14. The van der Waals surface area contributed by atoms with E-state index in [9.17, 15) is 9.59 Å². The first-order chi connectivity index (χ1) is 11.6. The lowest BCUT2D eigenvalue weighted by Gasteiger charge is -2.11. The van der Waals surface area contributed by atoms with Crippen molar-refractivity contribution >= 4 is 28.9 Å².